The maximum absolute atomic E-state index is 13.1. The zero-order valence-corrected chi connectivity index (χ0v) is 21.9. The number of hydrogen-bond donors (Lipinski definition) is 1. The summed E-state index contributed by atoms with van der Waals surface area (Å²) in [4.78, 5) is 25.8. The second-order valence-electron chi connectivity index (χ2n) is 8.43. The van der Waals surface area contributed by atoms with Crippen molar-refractivity contribution in [3.8, 4) is 11.4 Å². The molecule has 0 saturated heterocycles. The molecule has 0 aliphatic heterocycles. The normalized spacial score (nSPS) is 11.9. The molecule has 4 aromatic rings. The third-order valence-electron chi connectivity index (χ3n) is 5.88. The third-order valence-corrected chi connectivity index (χ3v) is 6.85. The number of aryl methyl sites for hydroxylation is 1. The second-order valence-corrected chi connectivity index (χ2v) is 9.38. The van der Waals surface area contributed by atoms with Crippen LogP contribution in [-0.2, 0) is 18.4 Å². The predicted octanol–water partition coefficient (Wildman–Crippen LogP) is 4.28. The number of nitrogens with zero attached hydrogens (tertiary/aromatic N) is 5. The van der Waals surface area contributed by atoms with Crippen LogP contribution < -0.4 is 15.6 Å². The number of amides is 1. The number of carbonyl (C=O) groups is 1. The van der Waals surface area contributed by atoms with Gasteiger partial charge in [-0.1, -0.05) is 42.1 Å². The van der Waals surface area contributed by atoms with Crippen LogP contribution in [0.4, 0.5) is 5.69 Å². The summed E-state index contributed by atoms with van der Waals surface area (Å²) in [5.74, 6) is 1.25. The Balaban J connectivity index is 1.45. The molecular weight excluding hydrogens is 476 g/mol. The van der Waals surface area contributed by atoms with Gasteiger partial charge in [0.15, 0.2) is 17.1 Å². The minimum Gasteiger partial charge on any atom is -0.483 e. The van der Waals surface area contributed by atoms with Gasteiger partial charge < -0.3 is 14.6 Å². The Hall–Kier alpha value is -3.79. The van der Waals surface area contributed by atoms with Crippen molar-refractivity contribution in [2.24, 2.45) is 7.05 Å². The molecule has 0 spiro atoms. The summed E-state index contributed by atoms with van der Waals surface area (Å²) < 4.78 is 11.3. The fourth-order valence-electron chi connectivity index (χ4n) is 3.97. The van der Waals surface area contributed by atoms with E-state index in [0.29, 0.717) is 23.2 Å². The largest absolute Gasteiger partial charge is 0.483 e. The third kappa shape index (κ3) is 5.23. The number of benzene rings is 2. The molecule has 36 heavy (non-hydrogen) atoms. The van der Waals surface area contributed by atoms with E-state index in [0.717, 1.165) is 17.0 Å². The average Bonchev–Trinajstić information content (AvgIpc) is 3.37. The fraction of sp³-hybridized carbons (Fsp3) is 0.308. The van der Waals surface area contributed by atoms with Crippen LogP contribution in [0.1, 0.15) is 37.0 Å². The molecular formula is C26H30N6O3S. The van der Waals surface area contributed by atoms with E-state index in [1.165, 1.54) is 16.4 Å². The van der Waals surface area contributed by atoms with E-state index in [1.54, 1.807) is 18.7 Å². The summed E-state index contributed by atoms with van der Waals surface area (Å²) in [6.45, 7) is 8.37. The van der Waals surface area contributed by atoms with Crippen LogP contribution in [0.25, 0.3) is 5.69 Å². The van der Waals surface area contributed by atoms with Crippen LogP contribution in [0.15, 0.2) is 64.5 Å². The molecule has 1 unspecified atom stereocenters. The lowest BCUT2D eigenvalue weighted by Crippen LogP contribution is -2.23. The minimum atomic E-state index is -0.314. The molecule has 0 radical (unpaired) electrons. The Morgan fingerprint density at radius 2 is 1.86 bits per heavy atom. The maximum Gasteiger partial charge on any atom is 0.295 e. The van der Waals surface area contributed by atoms with Crippen LogP contribution >= 0.6 is 11.8 Å². The van der Waals surface area contributed by atoms with Crippen molar-refractivity contribution in [1.29, 1.82) is 0 Å². The maximum atomic E-state index is 13.1. The van der Waals surface area contributed by atoms with Gasteiger partial charge in [-0.2, -0.15) is 0 Å². The van der Waals surface area contributed by atoms with Crippen molar-refractivity contribution >= 4 is 23.4 Å². The van der Waals surface area contributed by atoms with Crippen molar-refractivity contribution in [3.05, 3.63) is 82.0 Å². The van der Waals surface area contributed by atoms with E-state index < -0.39 is 0 Å². The molecule has 4 rings (SSSR count). The van der Waals surface area contributed by atoms with Gasteiger partial charge >= 0.3 is 0 Å². The number of nitrogens with one attached hydrogen (secondary N) is 1. The number of hydrogen-bond acceptors (Lipinski definition) is 6. The smallest absolute Gasteiger partial charge is 0.295 e. The quantitative estimate of drug-likeness (QED) is 0.341. The topological polar surface area (TPSA) is 96.0 Å². The van der Waals surface area contributed by atoms with Crippen molar-refractivity contribution in [3.63, 3.8) is 0 Å². The molecule has 2 aromatic heterocycles. The molecule has 0 aliphatic rings. The highest BCUT2D eigenvalue weighted by atomic mass is 32.2. The Morgan fingerprint density at radius 3 is 2.56 bits per heavy atom. The highest BCUT2D eigenvalue weighted by molar-refractivity contribution is 7.99. The summed E-state index contributed by atoms with van der Waals surface area (Å²) in [5.41, 5.74) is 2.51. The molecule has 9 nitrogen and oxygen atoms in total. The summed E-state index contributed by atoms with van der Waals surface area (Å²) >= 11 is 1.27. The van der Waals surface area contributed by atoms with Gasteiger partial charge in [-0.05, 0) is 57.5 Å². The SMILES string of the molecule is CCn1c(SCC(=O)Nc2c(C)n(C)n(-c3ccccc3)c2=O)nnc1C(C)Oc1cccc(C)c1. The van der Waals surface area contributed by atoms with E-state index in [2.05, 4.69) is 15.5 Å². The molecule has 1 atom stereocenters. The Labute approximate surface area is 214 Å². The fourth-order valence-corrected chi connectivity index (χ4v) is 4.78. The Bertz CT molecular complexity index is 1420. The van der Waals surface area contributed by atoms with Gasteiger partial charge in [-0.15, -0.1) is 10.2 Å². The lowest BCUT2D eigenvalue weighted by molar-refractivity contribution is -0.113. The summed E-state index contributed by atoms with van der Waals surface area (Å²) in [5, 5.41) is 12.0. The summed E-state index contributed by atoms with van der Waals surface area (Å²) in [6, 6.07) is 17.2. The first-order valence-electron chi connectivity index (χ1n) is 11.7. The van der Waals surface area contributed by atoms with Gasteiger partial charge in [0.05, 0.1) is 17.1 Å². The summed E-state index contributed by atoms with van der Waals surface area (Å²) in [6.07, 6.45) is -0.314. The lowest BCUT2D eigenvalue weighted by atomic mass is 10.2. The van der Waals surface area contributed by atoms with Crippen LogP contribution in [-0.4, -0.2) is 35.8 Å². The van der Waals surface area contributed by atoms with Gasteiger partial charge in [0, 0.05) is 13.6 Å². The van der Waals surface area contributed by atoms with Crippen molar-refractivity contribution in [2.45, 2.75) is 45.5 Å². The monoisotopic (exact) mass is 506 g/mol. The molecule has 188 valence electrons. The van der Waals surface area contributed by atoms with Crippen molar-refractivity contribution in [2.75, 3.05) is 11.1 Å². The van der Waals surface area contributed by atoms with Crippen LogP contribution in [0.3, 0.4) is 0 Å². The molecule has 0 aliphatic carbocycles. The van der Waals surface area contributed by atoms with Gasteiger partial charge in [0.2, 0.25) is 5.91 Å². The van der Waals surface area contributed by atoms with Crippen LogP contribution in [0.5, 0.6) is 5.75 Å². The van der Waals surface area contributed by atoms with Crippen molar-refractivity contribution in [1.82, 2.24) is 24.1 Å². The van der Waals surface area contributed by atoms with Gasteiger partial charge in [0.25, 0.3) is 5.56 Å². The Morgan fingerprint density at radius 1 is 1.11 bits per heavy atom. The minimum absolute atomic E-state index is 0.0877. The number of aromatic nitrogens is 5. The number of rotatable bonds is 9. The molecule has 2 aromatic carbocycles. The molecule has 10 heteroatoms. The number of carbonyl (C=O) groups excluding carboxylic acids is 1. The van der Waals surface area contributed by atoms with E-state index in [1.807, 2.05) is 79.9 Å². The number of anilines is 1. The molecule has 1 N–H and O–H groups in total. The Kier molecular flexibility index (Phi) is 7.64. The molecule has 0 saturated carbocycles. The molecule has 2 heterocycles. The highest BCUT2D eigenvalue weighted by Crippen LogP contribution is 2.25. The first-order chi connectivity index (χ1) is 17.3. The predicted molar refractivity (Wildman–Crippen MR) is 141 cm³/mol. The molecule has 0 bridgehead atoms. The lowest BCUT2D eigenvalue weighted by Gasteiger charge is -2.16. The standard InChI is InChI=1S/C26H30N6O3S/c1-6-31-24(19(4)35-21-14-10-11-17(2)15-21)28-29-26(31)36-16-22(33)27-23-18(3)30(5)32(25(23)34)20-12-8-7-9-13-20/h7-15,19H,6,16H2,1-5H3,(H,27,33). The zero-order chi connectivity index (χ0) is 25.8. The molecule has 0 fully saturated rings. The van der Waals surface area contributed by atoms with Crippen LogP contribution in [0, 0.1) is 13.8 Å². The van der Waals surface area contributed by atoms with E-state index in [4.69, 9.17) is 4.74 Å². The number of thioether (sulfide) groups is 1. The number of ether oxygens (including phenoxy) is 1. The van der Waals surface area contributed by atoms with Crippen LogP contribution in [0.2, 0.25) is 0 Å². The highest BCUT2D eigenvalue weighted by Gasteiger charge is 2.21. The van der Waals surface area contributed by atoms with Gasteiger partial charge in [-0.25, -0.2) is 4.68 Å². The van der Waals surface area contributed by atoms with E-state index in [-0.39, 0.29) is 29.0 Å². The van der Waals surface area contributed by atoms with Crippen molar-refractivity contribution < 1.29 is 9.53 Å². The zero-order valence-electron chi connectivity index (χ0n) is 21.1. The number of para-hydroxylation sites is 1. The second kappa shape index (κ2) is 10.9. The average molecular weight is 507 g/mol. The first kappa shape index (κ1) is 25.3. The molecule has 1 amide bonds. The first-order valence-corrected chi connectivity index (χ1v) is 12.7. The van der Waals surface area contributed by atoms with Gasteiger partial charge in [-0.3, -0.25) is 14.3 Å². The van der Waals surface area contributed by atoms with E-state index >= 15 is 0 Å². The summed E-state index contributed by atoms with van der Waals surface area (Å²) in [7, 11) is 1.79. The van der Waals surface area contributed by atoms with Gasteiger partial charge in [0.1, 0.15) is 11.4 Å². The van der Waals surface area contributed by atoms with E-state index in [9.17, 15) is 9.59 Å².